The maximum Gasteiger partial charge on any atom is 0.224 e. The van der Waals surface area contributed by atoms with Gasteiger partial charge in [0.05, 0.1) is 30.3 Å². The highest BCUT2D eigenvalue weighted by molar-refractivity contribution is 7.91. The van der Waals surface area contributed by atoms with E-state index in [9.17, 15) is 18.3 Å². The summed E-state index contributed by atoms with van der Waals surface area (Å²) in [6.45, 7) is 7.23. The van der Waals surface area contributed by atoms with E-state index >= 15 is 0 Å². The molecular weight excluding hydrogens is 476 g/mol. The van der Waals surface area contributed by atoms with Gasteiger partial charge in [-0.05, 0) is 54.0 Å². The van der Waals surface area contributed by atoms with Crippen molar-refractivity contribution >= 4 is 15.7 Å². The van der Waals surface area contributed by atoms with Crippen LogP contribution in [0.1, 0.15) is 56.2 Å². The molecule has 0 spiro atoms. The summed E-state index contributed by atoms with van der Waals surface area (Å²) in [6, 6.07) is 15.4. The highest BCUT2D eigenvalue weighted by Gasteiger charge is 2.27. The van der Waals surface area contributed by atoms with Gasteiger partial charge in [0.1, 0.15) is 5.75 Å². The van der Waals surface area contributed by atoms with E-state index in [1.807, 2.05) is 36.4 Å². The van der Waals surface area contributed by atoms with Crippen LogP contribution >= 0.6 is 0 Å². The Hall–Kier alpha value is -2.42. The number of hydrogen-bond acceptors (Lipinski definition) is 6. The van der Waals surface area contributed by atoms with E-state index < -0.39 is 27.9 Å². The van der Waals surface area contributed by atoms with Gasteiger partial charge in [-0.3, -0.25) is 4.79 Å². The van der Waals surface area contributed by atoms with Crippen molar-refractivity contribution in [3.63, 3.8) is 0 Å². The molecule has 0 saturated carbocycles. The Balaban J connectivity index is 1.72. The molecule has 1 amide bonds. The highest BCUT2D eigenvalue weighted by Crippen LogP contribution is 2.18. The largest absolute Gasteiger partial charge is 0.494 e. The Morgan fingerprint density at radius 1 is 1.14 bits per heavy atom. The van der Waals surface area contributed by atoms with Crippen molar-refractivity contribution < 1.29 is 23.1 Å². The molecule has 8 heteroatoms. The van der Waals surface area contributed by atoms with E-state index in [-0.39, 0.29) is 24.0 Å². The molecule has 0 radical (unpaired) electrons. The Bertz CT molecular complexity index is 1100. The van der Waals surface area contributed by atoms with Crippen molar-refractivity contribution in [2.45, 2.75) is 64.6 Å². The zero-order valence-electron chi connectivity index (χ0n) is 21.6. The molecule has 0 aromatic heterocycles. The minimum atomic E-state index is -3.36. The Kier molecular flexibility index (Phi) is 10.3. The van der Waals surface area contributed by atoms with E-state index in [2.05, 4.69) is 36.6 Å². The zero-order valence-corrected chi connectivity index (χ0v) is 22.4. The van der Waals surface area contributed by atoms with Crippen LogP contribution in [0.2, 0.25) is 0 Å². The Morgan fingerprint density at radius 2 is 1.92 bits per heavy atom. The second kappa shape index (κ2) is 13.2. The maximum atomic E-state index is 12.9. The second-order valence-electron chi connectivity index (χ2n) is 10.1. The van der Waals surface area contributed by atoms with E-state index in [1.165, 1.54) is 5.56 Å². The average Bonchev–Trinajstić information content (AvgIpc) is 2.83. The van der Waals surface area contributed by atoms with E-state index in [0.717, 1.165) is 11.1 Å². The van der Waals surface area contributed by atoms with Gasteiger partial charge in [-0.1, -0.05) is 57.2 Å². The summed E-state index contributed by atoms with van der Waals surface area (Å²) >= 11 is 0. The lowest BCUT2D eigenvalue weighted by atomic mass is 9.99. The van der Waals surface area contributed by atoms with Crippen LogP contribution in [0.25, 0.3) is 0 Å². The molecule has 2 aromatic rings. The third-order valence-corrected chi connectivity index (χ3v) is 8.43. The first-order valence-electron chi connectivity index (χ1n) is 12.8. The molecule has 1 heterocycles. The van der Waals surface area contributed by atoms with Crippen molar-refractivity contribution in [3.8, 4) is 5.75 Å². The summed E-state index contributed by atoms with van der Waals surface area (Å²) in [4.78, 5) is 12.9. The summed E-state index contributed by atoms with van der Waals surface area (Å²) < 4.78 is 30.8. The topological polar surface area (TPSA) is 105 Å². The zero-order chi connectivity index (χ0) is 26.1. The van der Waals surface area contributed by atoms with Crippen molar-refractivity contribution in [3.05, 3.63) is 65.2 Å². The SMILES string of the molecule is CC(C)c1cccc(CNC[C@@H](O)[C@@H]2Cc3cccc(c3)OCCCCS(=O)(=O)C[C@@H](C)C(=O)N2)c1. The van der Waals surface area contributed by atoms with Gasteiger partial charge in [-0.15, -0.1) is 0 Å². The van der Waals surface area contributed by atoms with E-state index in [1.54, 1.807) is 6.92 Å². The average molecular weight is 517 g/mol. The lowest BCUT2D eigenvalue weighted by Crippen LogP contribution is -2.50. The summed E-state index contributed by atoms with van der Waals surface area (Å²) in [5.41, 5.74) is 3.31. The second-order valence-corrected chi connectivity index (χ2v) is 12.4. The molecule has 3 N–H and O–H groups in total. The monoisotopic (exact) mass is 516 g/mol. The van der Waals surface area contributed by atoms with Gasteiger partial charge in [-0.2, -0.15) is 0 Å². The first-order chi connectivity index (χ1) is 17.1. The third-order valence-electron chi connectivity index (χ3n) is 6.52. The number of benzene rings is 2. The van der Waals surface area contributed by atoms with Crippen molar-refractivity contribution in [2.24, 2.45) is 5.92 Å². The van der Waals surface area contributed by atoms with Crippen molar-refractivity contribution in [1.29, 1.82) is 0 Å². The highest BCUT2D eigenvalue weighted by atomic mass is 32.2. The van der Waals surface area contributed by atoms with Crippen LogP contribution in [0.5, 0.6) is 5.75 Å². The standard InChI is InChI=1S/C28H40N2O5S/c1-20(2)24-10-6-9-23(14-24)17-29-18-27(31)26-16-22-8-7-11-25(15-22)35-12-4-5-13-36(33,34)19-21(3)28(32)30-26/h6-11,14-15,20-21,26-27,29,31H,4-5,12-13,16-19H2,1-3H3,(H,30,32)/t21-,26+,27-/m1/s1. The number of nitrogens with one attached hydrogen (secondary N) is 2. The molecule has 1 aliphatic rings. The van der Waals surface area contributed by atoms with Crippen molar-refractivity contribution in [2.75, 3.05) is 24.7 Å². The first-order valence-corrected chi connectivity index (χ1v) is 14.7. The van der Waals surface area contributed by atoms with Crippen LogP contribution < -0.4 is 15.4 Å². The number of hydrogen-bond donors (Lipinski definition) is 3. The van der Waals surface area contributed by atoms with Gasteiger partial charge in [0.2, 0.25) is 5.91 Å². The predicted octanol–water partition coefficient (Wildman–Crippen LogP) is 3.21. The molecular formula is C28H40N2O5S. The molecule has 2 bridgehead atoms. The fraction of sp³-hybridized carbons (Fsp3) is 0.536. The van der Waals surface area contributed by atoms with E-state index in [0.29, 0.717) is 44.1 Å². The fourth-order valence-electron chi connectivity index (χ4n) is 4.35. The summed E-state index contributed by atoms with van der Waals surface area (Å²) in [7, 11) is -3.36. The normalized spacial score (nSPS) is 22.1. The molecule has 0 unspecified atom stereocenters. The molecule has 3 atom stereocenters. The van der Waals surface area contributed by atoms with Gasteiger partial charge >= 0.3 is 0 Å². The molecule has 0 aliphatic carbocycles. The number of ether oxygens (including phenoxy) is 1. The van der Waals surface area contributed by atoms with Crippen LogP contribution in [-0.4, -0.2) is 56.2 Å². The molecule has 0 fully saturated rings. The number of rotatable bonds is 6. The van der Waals surface area contributed by atoms with Gasteiger partial charge in [0.25, 0.3) is 0 Å². The smallest absolute Gasteiger partial charge is 0.224 e. The lowest BCUT2D eigenvalue weighted by Gasteiger charge is -2.26. The summed E-state index contributed by atoms with van der Waals surface area (Å²) in [5.74, 6) is -0.117. The van der Waals surface area contributed by atoms with Crippen LogP contribution in [0.3, 0.4) is 0 Å². The third kappa shape index (κ3) is 8.91. The minimum absolute atomic E-state index is 0.0298. The van der Waals surface area contributed by atoms with Crippen LogP contribution in [0.15, 0.2) is 48.5 Å². The number of fused-ring (bicyclic) bond motifs is 2. The lowest BCUT2D eigenvalue weighted by molar-refractivity contribution is -0.125. The molecule has 7 nitrogen and oxygen atoms in total. The molecule has 2 aromatic carbocycles. The first kappa shape index (κ1) is 28.2. The number of carbonyl (C=O) groups is 1. The van der Waals surface area contributed by atoms with Crippen LogP contribution in [0, 0.1) is 5.92 Å². The Morgan fingerprint density at radius 3 is 2.69 bits per heavy atom. The Labute approximate surface area is 215 Å². The quantitative estimate of drug-likeness (QED) is 0.545. The van der Waals surface area contributed by atoms with Crippen LogP contribution in [-0.2, 0) is 27.6 Å². The minimum Gasteiger partial charge on any atom is -0.494 e. The molecule has 198 valence electrons. The van der Waals surface area contributed by atoms with Gasteiger partial charge < -0.3 is 20.5 Å². The number of amides is 1. The fourth-order valence-corrected chi connectivity index (χ4v) is 6.07. The number of sulfone groups is 1. The summed E-state index contributed by atoms with van der Waals surface area (Å²) in [5, 5.41) is 17.3. The van der Waals surface area contributed by atoms with E-state index in [4.69, 9.17) is 4.74 Å². The number of carbonyl (C=O) groups excluding carboxylic acids is 1. The number of aliphatic hydroxyl groups is 1. The predicted molar refractivity (Wildman–Crippen MR) is 143 cm³/mol. The van der Waals surface area contributed by atoms with Gasteiger partial charge in [-0.25, -0.2) is 8.42 Å². The van der Waals surface area contributed by atoms with Crippen molar-refractivity contribution in [1.82, 2.24) is 10.6 Å². The molecule has 0 saturated heterocycles. The van der Waals surface area contributed by atoms with Crippen LogP contribution in [0.4, 0.5) is 0 Å². The molecule has 36 heavy (non-hydrogen) atoms. The summed E-state index contributed by atoms with van der Waals surface area (Å²) in [6.07, 6.45) is 0.639. The van der Waals surface area contributed by atoms with Gasteiger partial charge in [0.15, 0.2) is 9.84 Å². The molecule has 1 aliphatic heterocycles. The number of aliphatic hydroxyl groups excluding tert-OH is 1. The maximum absolute atomic E-state index is 12.9. The van der Waals surface area contributed by atoms with Gasteiger partial charge in [0, 0.05) is 19.0 Å². The molecule has 3 rings (SSSR count).